The van der Waals surface area contributed by atoms with E-state index in [1.807, 2.05) is 10.8 Å². The molecule has 0 bridgehead atoms. The molecule has 0 spiro atoms. The molecule has 0 aromatic carbocycles. The van der Waals surface area contributed by atoms with Crippen LogP contribution in [0.1, 0.15) is 23.7 Å². The summed E-state index contributed by atoms with van der Waals surface area (Å²) in [6, 6.07) is 0.464. The second-order valence-electron chi connectivity index (χ2n) is 3.76. The lowest BCUT2D eigenvalue weighted by molar-refractivity contribution is -0.0288. The first-order chi connectivity index (χ1) is 6.81. The summed E-state index contributed by atoms with van der Waals surface area (Å²) in [4.78, 5) is 0. The van der Waals surface area contributed by atoms with E-state index in [2.05, 4.69) is 24.8 Å². The summed E-state index contributed by atoms with van der Waals surface area (Å²) in [5, 5.41) is 4.56. The average molecular weight is 192 g/mol. The number of nitrogens with zero attached hydrogens (tertiary/aromatic N) is 2. The fourth-order valence-corrected chi connectivity index (χ4v) is 1.57. The van der Waals surface area contributed by atoms with E-state index in [1.165, 1.54) is 11.3 Å². The molecule has 1 aromatic rings. The molecule has 2 rings (SSSR count). The first-order valence-electron chi connectivity index (χ1n) is 5.04. The van der Waals surface area contributed by atoms with Crippen molar-refractivity contribution in [3.8, 4) is 0 Å². The van der Waals surface area contributed by atoms with Gasteiger partial charge < -0.3 is 4.74 Å². The Bertz CT molecular complexity index is 326. The van der Waals surface area contributed by atoms with Crippen LogP contribution in [-0.4, -0.2) is 23.0 Å². The SMILES string of the molecule is C=CCCc1nn(C2COC2)cc1C. The molecule has 2 heterocycles. The number of aryl methyl sites for hydroxylation is 2. The highest BCUT2D eigenvalue weighted by Gasteiger charge is 2.21. The maximum absolute atomic E-state index is 5.14. The van der Waals surface area contributed by atoms with Gasteiger partial charge in [-0.3, -0.25) is 4.68 Å². The van der Waals surface area contributed by atoms with Gasteiger partial charge in [0.25, 0.3) is 0 Å². The molecule has 0 amide bonds. The lowest BCUT2D eigenvalue weighted by Gasteiger charge is -2.26. The normalized spacial score (nSPS) is 16.6. The van der Waals surface area contributed by atoms with Gasteiger partial charge in [0.1, 0.15) is 0 Å². The fraction of sp³-hybridized carbons (Fsp3) is 0.545. The molecular formula is C11H16N2O. The van der Waals surface area contributed by atoms with Crippen molar-refractivity contribution in [3.05, 3.63) is 30.1 Å². The van der Waals surface area contributed by atoms with E-state index in [-0.39, 0.29) is 0 Å². The molecular weight excluding hydrogens is 176 g/mol. The topological polar surface area (TPSA) is 27.1 Å². The van der Waals surface area contributed by atoms with Gasteiger partial charge in [-0.05, 0) is 25.3 Å². The number of ether oxygens (including phenoxy) is 1. The summed E-state index contributed by atoms with van der Waals surface area (Å²) in [6.07, 6.45) is 6.05. The van der Waals surface area contributed by atoms with Gasteiger partial charge in [0.2, 0.25) is 0 Å². The summed E-state index contributed by atoms with van der Waals surface area (Å²) >= 11 is 0. The minimum atomic E-state index is 0.464. The number of hydrogen-bond donors (Lipinski definition) is 0. The van der Waals surface area contributed by atoms with Crippen LogP contribution in [0, 0.1) is 6.92 Å². The molecule has 3 heteroatoms. The zero-order chi connectivity index (χ0) is 9.97. The summed E-state index contributed by atoms with van der Waals surface area (Å²) in [5.74, 6) is 0. The van der Waals surface area contributed by atoms with Gasteiger partial charge in [-0.25, -0.2) is 0 Å². The molecule has 0 N–H and O–H groups in total. The molecule has 3 nitrogen and oxygen atoms in total. The number of aromatic nitrogens is 2. The standard InChI is InChI=1S/C11H16N2O/c1-3-4-5-11-9(2)6-13(12-11)10-7-14-8-10/h3,6,10H,1,4-5,7-8H2,2H3. The van der Waals surface area contributed by atoms with Crippen LogP contribution in [0.25, 0.3) is 0 Å². The van der Waals surface area contributed by atoms with Crippen LogP contribution in [-0.2, 0) is 11.2 Å². The van der Waals surface area contributed by atoms with Crippen LogP contribution in [0.4, 0.5) is 0 Å². The van der Waals surface area contributed by atoms with E-state index in [4.69, 9.17) is 4.74 Å². The van der Waals surface area contributed by atoms with E-state index >= 15 is 0 Å². The second-order valence-corrected chi connectivity index (χ2v) is 3.76. The van der Waals surface area contributed by atoms with Crippen molar-refractivity contribution in [3.63, 3.8) is 0 Å². The minimum Gasteiger partial charge on any atom is -0.377 e. The van der Waals surface area contributed by atoms with Crippen molar-refractivity contribution in [2.75, 3.05) is 13.2 Å². The molecule has 0 radical (unpaired) electrons. The maximum Gasteiger partial charge on any atom is 0.0985 e. The predicted molar refractivity (Wildman–Crippen MR) is 55.3 cm³/mol. The van der Waals surface area contributed by atoms with Crippen LogP contribution in [0.5, 0.6) is 0 Å². The van der Waals surface area contributed by atoms with Gasteiger partial charge in [-0.2, -0.15) is 5.10 Å². The van der Waals surface area contributed by atoms with Gasteiger partial charge in [-0.1, -0.05) is 6.08 Å². The Balaban J connectivity index is 2.07. The third-order valence-electron chi connectivity index (χ3n) is 2.60. The first-order valence-corrected chi connectivity index (χ1v) is 5.04. The number of hydrogen-bond acceptors (Lipinski definition) is 2. The van der Waals surface area contributed by atoms with Crippen LogP contribution >= 0.6 is 0 Å². The van der Waals surface area contributed by atoms with Gasteiger partial charge in [0.05, 0.1) is 24.9 Å². The number of rotatable bonds is 4. The molecule has 0 unspecified atom stereocenters. The van der Waals surface area contributed by atoms with E-state index < -0.39 is 0 Å². The summed E-state index contributed by atoms with van der Waals surface area (Å²) in [7, 11) is 0. The highest BCUT2D eigenvalue weighted by atomic mass is 16.5. The summed E-state index contributed by atoms with van der Waals surface area (Å²) in [6.45, 7) is 7.45. The molecule has 0 aliphatic carbocycles. The molecule has 1 fully saturated rings. The van der Waals surface area contributed by atoms with Crippen molar-refractivity contribution >= 4 is 0 Å². The van der Waals surface area contributed by atoms with E-state index in [0.29, 0.717) is 6.04 Å². The van der Waals surface area contributed by atoms with Crippen molar-refractivity contribution in [1.82, 2.24) is 9.78 Å². The molecule has 1 aliphatic heterocycles. The van der Waals surface area contributed by atoms with Crippen LogP contribution < -0.4 is 0 Å². The Morgan fingerprint density at radius 2 is 2.50 bits per heavy atom. The average Bonchev–Trinajstić information content (AvgIpc) is 2.40. The highest BCUT2D eigenvalue weighted by molar-refractivity contribution is 5.16. The van der Waals surface area contributed by atoms with Gasteiger partial charge in [0, 0.05) is 6.20 Å². The highest BCUT2D eigenvalue weighted by Crippen LogP contribution is 2.18. The Morgan fingerprint density at radius 1 is 1.71 bits per heavy atom. The summed E-state index contributed by atoms with van der Waals surface area (Å²) < 4.78 is 7.18. The zero-order valence-electron chi connectivity index (χ0n) is 8.57. The van der Waals surface area contributed by atoms with E-state index in [1.54, 1.807) is 0 Å². The zero-order valence-corrected chi connectivity index (χ0v) is 8.57. The van der Waals surface area contributed by atoms with Gasteiger partial charge >= 0.3 is 0 Å². The molecule has 1 saturated heterocycles. The third kappa shape index (κ3) is 1.73. The van der Waals surface area contributed by atoms with Crippen molar-refractivity contribution in [1.29, 1.82) is 0 Å². The van der Waals surface area contributed by atoms with Gasteiger partial charge in [0.15, 0.2) is 0 Å². The molecule has 1 aliphatic rings. The lowest BCUT2D eigenvalue weighted by atomic mass is 10.2. The van der Waals surface area contributed by atoms with Crippen molar-refractivity contribution in [2.24, 2.45) is 0 Å². The molecule has 0 atom stereocenters. The Labute approximate surface area is 84.4 Å². The van der Waals surface area contributed by atoms with Crippen LogP contribution in [0.15, 0.2) is 18.9 Å². The Kier molecular flexibility index (Phi) is 2.68. The largest absolute Gasteiger partial charge is 0.377 e. The lowest BCUT2D eigenvalue weighted by Crippen LogP contribution is -2.31. The van der Waals surface area contributed by atoms with Crippen LogP contribution in [0.2, 0.25) is 0 Å². The fourth-order valence-electron chi connectivity index (χ4n) is 1.57. The minimum absolute atomic E-state index is 0.464. The Morgan fingerprint density at radius 3 is 3.07 bits per heavy atom. The number of allylic oxidation sites excluding steroid dienone is 1. The molecule has 14 heavy (non-hydrogen) atoms. The maximum atomic E-state index is 5.14. The van der Waals surface area contributed by atoms with Crippen molar-refractivity contribution < 1.29 is 4.74 Å². The second kappa shape index (κ2) is 3.96. The summed E-state index contributed by atoms with van der Waals surface area (Å²) in [5.41, 5.74) is 2.47. The van der Waals surface area contributed by atoms with E-state index in [9.17, 15) is 0 Å². The molecule has 76 valence electrons. The predicted octanol–water partition coefficient (Wildman–Crippen LogP) is 1.88. The third-order valence-corrected chi connectivity index (χ3v) is 2.60. The van der Waals surface area contributed by atoms with E-state index in [0.717, 1.165) is 26.1 Å². The Hall–Kier alpha value is -1.09. The molecule has 0 saturated carbocycles. The molecule has 1 aromatic heterocycles. The monoisotopic (exact) mass is 192 g/mol. The smallest absolute Gasteiger partial charge is 0.0985 e. The first kappa shape index (κ1) is 9.46. The quantitative estimate of drug-likeness (QED) is 0.681. The van der Waals surface area contributed by atoms with Crippen LogP contribution in [0.3, 0.4) is 0 Å². The van der Waals surface area contributed by atoms with Crippen molar-refractivity contribution in [2.45, 2.75) is 25.8 Å². The van der Waals surface area contributed by atoms with Gasteiger partial charge in [-0.15, -0.1) is 6.58 Å².